The molecule has 0 aliphatic heterocycles. The van der Waals surface area contributed by atoms with Gasteiger partial charge in [0.05, 0.1) is 0 Å². The van der Waals surface area contributed by atoms with Crippen molar-refractivity contribution in [2.45, 2.75) is 0 Å². The summed E-state index contributed by atoms with van der Waals surface area (Å²) in [5.74, 6) is 0. The Morgan fingerprint density at radius 1 is 1.83 bits per heavy atom. The predicted octanol–water partition coefficient (Wildman–Crippen LogP) is -0.322. The van der Waals surface area contributed by atoms with Gasteiger partial charge in [-0.05, 0) is 0 Å². The highest BCUT2D eigenvalue weighted by molar-refractivity contribution is 4.67. The molecule has 2 nitrogen and oxygen atoms in total. The van der Waals surface area contributed by atoms with Crippen molar-refractivity contribution in [3.8, 4) is 0 Å². The average Bonchev–Trinajstić information content (AvgIpc) is 1.61. The lowest BCUT2D eigenvalue weighted by atomic mass is 10.6. The second-order valence-corrected chi connectivity index (χ2v) is 0.947. The Morgan fingerprint density at radius 2 is 2.50 bits per heavy atom. The third-order valence-electron chi connectivity index (χ3n) is 0.433. The summed E-state index contributed by atoms with van der Waals surface area (Å²) >= 11 is 0. The molecule has 0 aromatic carbocycles. The van der Waals surface area contributed by atoms with Gasteiger partial charge in [-0.15, -0.1) is 6.58 Å². The van der Waals surface area contributed by atoms with Crippen LogP contribution in [-0.4, -0.2) is 13.2 Å². The van der Waals surface area contributed by atoms with Gasteiger partial charge in [-0.3, -0.25) is 0 Å². The summed E-state index contributed by atoms with van der Waals surface area (Å²) in [7, 11) is 0. The maximum Gasteiger partial charge on any atom is 0.0431 e. The minimum atomic E-state index is 0.534. The van der Waals surface area contributed by atoms with Crippen molar-refractivity contribution in [1.82, 2.24) is 5.32 Å². The lowest BCUT2D eigenvalue weighted by Crippen LogP contribution is -2.21. The van der Waals surface area contributed by atoms with Crippen LogP contribution in [0.4, 0.5) is 0 Å². The molecule has 0 amide bonds. The molecule has 0 saturated heterocycles. The Morgan fingerprint density at radius 3 is 2.67 bits per heavy atom. The lowest BCUT2D eigenvalue weighted by molar-refractivity contribution is 0.776. The molecule has 0 rings (SSSR count). The summed E-state index contributed by atoms with van der Waals surface area (Å²) in [6.45, 7) is 4.82. The summed E-state index contributed by atoms with van der Waals surface area (Å²) in [5, 5.41) is 2.86. The van der Waals surface area contributed by atoms with Crippen LogP contribution in [0.25, 0.3) is 0 Å². The van der Waals surface area contributed by atoms with Crippen LogP contribution in [0.1, 0.15) is 0 Å². The fourth-order valence-electron chi connectivity index (χ4n) is 0.185. The second-order valence-electron chi connectivity index (χ2n) is 0.947. The first-order valence-electron chi connectivity index (χ1n) is 1.93. The number of hydrogen-bond donors (Lipinski definition) is 2. The van der Waals surface area contributed by atoms with Gasteiger partial charge in [0.25, 0.3) is 0 Å². The normalized spacial score (nSPS) is 8.17. The van der Waals surface area contributed by atoms with E-state index in [1.54, 1.807) is 6.08 Å². The monoisotopic (exact) mass is 86.1 g/mol. The van der Waals surface area contributed by atoms with E-state index < -0.39 is 0 Å². The van der Waals surface area contributed by atoms with E-state index in [0.717, 1.165) is 6.54 Å². The molecule has 0 bridgehead atoms. The molecular weight excluding hydrogens is 76.1 g/mol. The first kappa shape index (κ1) is 5.66. The largest absolute Gasteiger partial charge is 0.318 e. The van der Waals surface area contributed by atoms with Crippen molar-refractivity contribution in [2.75, 3.05) is 13.2 Å². The van der Waals surface area contributed by atoms with Crippen molar-refractivity contribution < 1.29 is 0 Å². The second kappa shape index (κ2) is 4.66. The number of hydrogen-bond acceptors (Lipinski definition) is 2. The quantitative estimate of drug-likeness (QED) is 0.280. The predicted molar refractivity (Wildman–Crippen MR) is 27.3 cm³/mol. The Hall–Kier alpha value is -0.340. The minimum absolute atomic E-state index is 0.534. The molecule has 36 valence electrons. The standard InChI is InChI=1S/C4H10N2/c1-2-3-6-4-5/h2,6H,1,3-5H2. The molecule has 0 unspecified atom stereocenters. The van der Waals surface area contributed by atoms with Crippen LogP contribution in [-0.2, 0) is 0 Å². The van der Waals surface area contributed by atoms with Crippen LogP contribution >= 0.6 is 0 Å². The average molecular weight is 86.1 g/mol. The molecule has 2 heteroatoms. The van der Waals surface area contributed by atoms with E-state index in [2.05, 4.69) is 11.9 Å². The van der Waals surface area contributed by atoms with E-state index in [-0.39, 0.29) is 0 Å². The van der Waals surface area contributed by atoms with Gasteiger partial charge in [0.1, 0.15) is 0 Å². The Labute approximate surface area is 38.0 Å². The van der Waals surface area contributed by atoms with Crippen molar-refractivity contribution in [2.24, 2.45) is 5.73 Å². The first-order chi connectivity index (χ1) is 2.91. The van der Waals surface area contributed by atoms with Gasteiger partial charge in [-0.25, -0.2) is 0 Å². The summed E-state index contributed by atoms with van der Waals surface area (Å²) in [6, 6.07) is 0. The molecule has 0 fully saturated rings. The van der Waals surface area contributed by atoms with Gasteiger partial charge in [0.2, 0.25) is 0 Å². The van der Waals surface area contributed by atoms with Crippen molar-refractivity contribution >= 4 is 0 Å². The Balaban J connectivity index is 2.49. The summed E-state index contributed by atoms with van der Waals surface area (Å²) in [6.07, 6.45) is 1.77. The van der Waals surface area contributed by atoms with Gasteiger partial charge in [0.15, 0.2) is 0 Å². The molecule has 0 heterocycles. The highest BCUT2D eigenvalue weighted by atomic mass is 14.9. The SMILES string of the molecule is C=CCNCN. The molecule has 0 aromatic rings. The van der Waals surface area contributed by atoms with Gasteiger partial charge in [0, 0.05) is 13.2 Å². The molecule has 0 aromatic heterocycles. The summed E-state index contributed by atoms with van der Waals surface area (Å²) in [5.41, 5.74) is 5.06. The van der Waals surface area contributed by atoms with Crippen LogP contribution in [0, 0.1) is 0 Å². The van der Waals surface area contributed by atoms with Crippen LogP contribution in [0.5, 0.6) is 0 Å². The Kier molecular flexibility index (Phi) is 4.40. The molecule has 0 aliphatic carbocycles. The fraction of sp³-hybridized carbons (Fsp3) is 0.500. The van der Waals surface area contributed by atoms with E-state index in [9.17, 15) is 0 Å². The zero-order valence-corrected chi connectivity index (χ0v) is 3.78. The van der Waals surface area contributed by atoms with E-state index in [1.807, 2.05) is 0 Å². The molecule has 0 saturated carbocycles. The van der Waals surface area contributed by atoms with E-state index >= 15 is 0 Å². The molecule has 0 aliphatic rings. The number of nitrogens with two attached hydrogens (primary N) is 1. The van der Waals surface area contributed by atoms with E-state index in [1.165, 1.54) is 0 Å². The molecular formula is C4H10N2. The zero-order valence-electron chi connectivity index (χ0n) is 3.78. The van der Waals surface area contributed by atoms with Crippen molar-refractivity contribution in [3.05, 3.63) is 12.7 Å². The minimum Gasteiger partial charge on any atom is -0.318 e. The maximum absolute atomic E-state index is 5.06. The molecule has 0 radical (unpaired) electrons. The van der Waals surface area contributed by atoms with Crippen molar-refractivity contribution in [1.29, 1.82) is 0 Å². The molecule has 0 spiro atoms. The van der Waals surface area contributed by atoms with E-state index in [4.69, 9.17) is 5.73 Å². The van der Waals surface area contributed by atoms with Crippen LogP contribution in [0.2, 0.25) is 0 Å². The van der Waals surface area contributed by atoms with Gasteiger partial charge < -0.3 is 11.1 Å². The van der Waals surface area contributed by atoms with Gasteiger partial charge in [-0.2, -0.15) is 0 Å². The summed E-state index contributed by atoms with van der Waals surface area (Å²) < 4.78 is 0. The van der Waals surface area contributed by atoms with Gasteiger partial charge >= 0.3 is 0 Å². The summed E-state index contributed by atoms with van der Waals surface area (Å²) in [4.78, 5) is 0. The zero-order chi connectivity index (χ0) is 4.83. The molecule has 0 atom stereocenters. The molecule has 6 heavy (non-hydrogen) atoms. The third-order valence-corrected chi connectivity index (χ3v) is 0.433. The fourth-order valence-corrected chi connectivity index (χ4v) is 0.185. The topological polar surface area (TPSA) is 38.0 Å². The number of rotatable bonds is 3. The van der Waals surface area contributed by atoms with Crippen LogP contribution < -0.4 is 11.1 Å². The highest BCUT2D eigenvalue weighted by Crippen LogP contribution is 1.51. The van der Waals surface area contributed by atoms with Crippen LogP contribution in [0.3, 0.4) is 0 Å². The van der Waals surface area contributed by atoms with Crippen molar-refractivity contribution in [3.63, 3.8) is 0 Å². The molecule has 3 N–H and O–H groups in total. The Bertz CT molecular complexity index is 34.5. The van der Waals surface area contributed by atoms with E-state index in [0.29, 0.717) is 6.67 Å². The third kappa shape index (κ3) is 3.66. The highest BCUT2D eigenvalue weighted by Gasteiger charge is 1.66. The lowest BCUT2D eigenvalue weighted by Gasteiger charge is -1.88. The maximum atomic E-state index is 5.06. The van der Waals surface area contributed by atoms with Gasteiger partial charge in [-0.1, -0.05) is 6.08 Å². The number of nitrogens with one attached hydrogen (secondary N) is 1. The van der Waals surface area contributed by atoms with Crippen LogP contribution in [0.15, 0.2) is 12.7 Å². The smallest absolute Gasteiger partial charge is 0.0431 e. The first-order valence-corrected chi connectivity index (χ1v) is 1.93.